The summed E-state index contributed by atoms with van der Waals surface area (Å²) < 4.78 is 6.04. The first kappa shape index (κ1) is 22.8. The van der Waals surface area contributed by atoms with Crippen LogP contribution in [0.2, 0.25) is 0 Å². The topological polar surface area (TPSA) is 67.4 Å². The van der Waals surface area contributed by atoms with Crippen LogP contribution in [-0.4, -0.2) is 35.0 Å². The van der Waals surface area contributed by atoms with Crippen LogP contribution < -0.4 is 15.0 Å². The molecule has 0 spiro atoms. The summed E-state index contributed by atoms with van der Waals surface area (Å²) in [5.74, 6) is 1.92. The van der Waals surface area contributed by atoms with Crippen LogP contribution in [0.25, 0.3) is 0 Å². The molecule has 0 unspecified atom stereocenters. The van der Waals surface area contributed by atoms with E-state index in [9.17, 15) is 4.79 Å². The van der Waals surface area contributed by atoms with Crippen molar-refractivity contribution in [3.8, 4) is 11.6 Å². The first-order valence-electron chi connectivity index (χ1n) is 11.7. The molecule has 1 fully saturated rings. The third-order valence-electron chi connectivity index (χ3n) is 6.07. The van der Waals surface area contributed by atoms with E-state index in [0.29, 0.717) is 18.2 Å². The molecule has 2 aromatic carbocycles. The second-order valence-electron chi connectivity index (χ2n) is 8.82. The molecule has 1 N–H and O–H groups in total. The minimum atomic E-state index is -0.0767. The molecule has 1 aromatic heterocycles. The summed E-state index contributed by atoms with van der Waals surface area (Å²) in [4.78, 5) is 24.1. The molecule has 4 rings (SSSR count). The lowest BCUT2D eigenvalue weighted by Gasteiger charge is -2.33. The Hall–Kier alpha value is -3.41. The zero-order chi connectivity index (χ0) is 23.0. The Balaban J connectivity index is 1.36. The van der Waals surface area contributed by atoms with Gasteiger partial charge >= 0.3 is 0 Å². The lowest BCUT2D eigenvalue weighted by Crippen LogP contribution is -2.45. The van der Waals surface area contributed by atoms with Crippen molar-refractivity contribution in [1.29, 1.82) is 0 Å². The van der Waals surface area contributed by atoms with Gasteiger partial charge in [-0.2, -0.15) is 0 Å². The van der Waals surface area contributed by atoms with E-state index in [1.807, 2.05) is 37.3 Å². The van der Waals surface area contributed by atoms with Gasteiger partial charge in [0.05, 0.1) is 5.92 Å². The average molecular weight is 445 g/mol. The Morgan fingerprint density at radius 3 is 2.67 bits per heavy atom. The number of amides is 1. The van der Waals surface area contributed by atoms with Gasteiger partial charge in [0.1, 0.15) is 5.75 Å². The predicted molar refractivity (Wildman–Crippen MR) is 131 cm³/mol. The van der Waals surface area contributed by atoms with E-state index in [4.69, 9.17) is 4.74 Å². The van der Waals surface area contributed by atoms with Gasteiger partial charge < -0.3 is 15.0 Å². The van der Waals surface area contributed by atoms with Crippen molar-refractivity contribution in [3.05, 3.63) is 78.1 Å². The Bertz CT molecular complexity index is 1040. The third-order valence-corrected chi connectivity index (χ3v) is 6.07. The predicted octanol–water partition coefficient (Wildman–Crippen LogP) is 4.93. The standard InChI is InChI=1S/C27H32N4O2/c1-20-10-14-24(15-11-20)33-27-25(28-16-17-29-27)31-18-6-9-23(19-31)26(32)30-21(2)12-13-22-7-4-3-5-8-22/h3-5,7-8,10-11,14-17,21,23H,6,9,12-13,18-19H2,1-2H3,(H,30,32)/t21-,23-/m1/s1. The van der Waals surface area contributed by atoms with Crippen LogP contribution in [0.15, 0.2) is 67.0 Å². The zero-order valence-corrected chi connectivity index (χ0v) is 19.4. The fourth-order valence-electron chi connectivity index (χ4n) is 4.17. The molecule has 0 aliphatic carbocycles. The zero-order valence-electron chi connectivity index (χ0n) is 19.4. The fraction of sp³-hybridized carbons (Fsp3) is 0.370. The number of hydrogen-bond donors (Lipinski definition) is 1. The van der Waals surface area contributed by atoms with E-state index in [1.54, 1.807) is 12.4 Å². The van der Waals surface area contributed by atoms with E-state index in [0.717, 1.165) is 38.0 Å². The maximum absolute atomic E-state index is 13.0. The van der Waals surface area contributed by atoms with Crippen molar-refractivity contribution in [2.75, 3.05) is 18.0 Å². The van der Waals surface area contributed by atoms with Crippen molar-refractivity contribution in [1.82, 2.24) is 15.3 Å². The van der Waals surface area contributed by atoms with Crippen LogP contribution in [0.3, 0.4) is 0 Å². The van der Waals surface area contributed by atoms with Crippen LogP contribution in [0.4, 0.5) is 5.82 Å². The van der Waals surface area contributed by atoms with Crippen molar-refractivity contribution in [2.24, 2.45) is 5.92 Å². The van der Waals surface area contributed by atoms with Gasteiger partial charge in [-0.25, -0.2) is 9.97 Å². The van der Waals surface area contributed by atoms with Crippen LogP contribution in [0.1, 0.15) is 37.3 Å². The highest BCUT2D eigenvalue weighted by atomic mass is 16.5. The number of hydrogen-bond acceptors (Lipinski definition) is 5. The molecule has 0 radical (unpaired) electrons. The summed E-state index contributed by atoms with van der Waals surface area (Å²) in [6, 6.07) is 18.4. The van der Waals surface area contributed by atoms with Crippen LogP contribution in [-0.2, 0) is 11.2 Å². The van der Waals surface area contributed by atoms with Crippen molar-refractivity contribution < 1.29 is 9.53 Å². The minimum absolute atomic E-state index is 0.0767. The summed E-state index contributed by atoms with van der Waals surface area (Å²) in [6.07, 6.45) is 6.99. The molecule has 1 aliphatic heterocycles. The van der Waals surface area contributed by atoms with Crippen LogP contribution in [0.5, 0.6) is 11.6 Å². The quantitative estimate of drug-likeness (QED) is 0.534. The van der Waals surface area contributed by atoms with Crippen molar-refractivity contribution in [2.45, 2.75) is 45.6 Å². The van der Waals surface area contributed by atoms with Gasteiger partial charge in [0.25, 0.3) is 5.88 Å². The maximum Gasteiger partial charge on any atom is 0.263 e. The number of aryl methyl sites for hydroxylation is 2. The average Bonchev–Trinajstić information content (AvgIpc) is 2.85. The van der Waals surface area contributed by atoms with E-state index < -0.39 is 0 Å². The lowest BCUT2D eigenvalue weighted by atomic mass is 9.96. The molecule has 1 amide bonds. The number of carbonyl (C=O) groups excluding carboxylic acids is 1. The van der Waals surface area contributed by atoms with E-state index in [-0.39, 0.29) is 17.9 Å². The number of aromatic nitrogens is 2. The molecule has 1 aliphatic rings. The van der Waals surface area contributed by atoms with Crippen molar-refractivity contribution >= 4 is 11.7 Å². The lowest BCUT2D eigenvalue weighted by molar-refractivity contribution is -0.125. The normalized spacial score (nSPS) is 16.8. The molecule has 0 saturated carbocycles. The fourth-order valence-corrected chi connectivity index (χ4v) is 4.17. The van der Waals surface area contributed by atoms with Gasteiger partial charge in [-0.1, -0.05) is 48.0 Å². The van der Waals surface area contributed by atoms with Gasteiger partial charge in [0.2, 0.25) is 5.91 Å². The Kier molecular flexibility index (Phi) is 7.55. The number of anilines is 1. The van der Waals surface area contributed by atoms with Gasteiger partial charge in [0.15, 0.2) is 5.82 Å². The van der Waals surface area contributed by atoms with E-state index >= 15 is 0 Å². The largest absolute Gasteiger partial charge is 0.436 e. The summed E-state index contributed by atoms with van der Waals surface area (Å²) in [7, 11) is 0. The molecular weight excluding hydrogens is 412 g/mol. The smallest absolute Gasteiger partial charge is 0.263 e. The van der Waals surface area contributed by atoms with E-state index in [2.05, 4.69) is 51.4 Å². The van der Waals surface area contributed by atoms with Gasteiger partial charge in [-0.05, 0) is 57.2 Å². The molecule has 1 saturated heterocycles. The highest BCUT2D eigenvalue weighted by Crippen LogP contribution is 2.31. The molecule has 2 heterocycles. The number of carbonyl (C=O) groups is 1. The van der Waals surface area contributed by atoms with E-state index in [1.165, 1.54) is 11.1 Å². The second-order valence-corrected chi connectivity index (χ2v) is 8.82. The SMILES string of the molecule is Cc1ccc(Oc2nccnc2N2CCC[C@@H](C(=O)N[C@H](C)CCc3ccccc3)C2)cc1. The molecule has 172 valence electrons. The van der Waals surface area contributed by atoms with Crippen LogP contribution in [0, 0.1) is 12.8 Å². The number of nitrogens with zero attached hydrogens (tertiary/aromatic N) is 3. The Morgan fingerprint density at radius 1 is 1.12 bits per heavy atom. The number of rotatable bonds is 8. The second kappa shape index (κ2) is 10.9. The first-order valence-corrected chi connectivity index (χ1v) is 11.7. The monoisotopic (exact) mass is 444 g/mol. The molecule has 3 aromatic rings. The number of benzene rings is 2. The molecule has 2 atom stereocenters. The number of nitrogens with one attached hydrogen (secondary N) is 1. The third kappa shape index (κ3) is 6.31. The van der Waals surface area contributed by atoms with Gasteiger partial charge in [-0.15, -0.1) is 0 Å². The molecule has 6 heteroatoms. The molecule has 33 heavy (non-hydrogen) atoms. The first-order chi connectivity index (χ1) is 16.1. The van der Waals surface area contributed by atoms with Gasteiger partial charge in [0, 0.05) is 31.5 Å². The summed E-state index contributed by atoms with van der Waals surface area (Å²) in [6.45, 7) is 5.56. The highest BCUT2D eigenvalue weighted by Gasteiger charge is 2.29. The number of piperidine rings is 1. The minimum Gasteiger partial charge on any atom is -0.436 e. The van der Waals surface area contributed by atoms with Crippen LogP contribution >= 0.6 is 0 Å². The Labute approximate surface area is 196 Å². The molecule has 0 bridgehead atoms. The summed E-state index contributed by atoms with van der Waals surface area (Å²) >= 11 is 0. The molecular formula is C27H32N4O2. The van der Waals surface area contributed by atoms with Crippen molar-refractivity contribution in [3.63, 3.8) is 0 Å². The summed E-state index contributed by atoms with van der Waals surface area (Å²) in [5.41, 5.74) is 2.47. The molecule has 6 nitrogen and oxygen atoms in total. The maximum atomic E-state index is 13.0. The highest BCUT2D eigenvalue weighted by molar-refractivity contribution is 5.80. The van der Waals surface area contributed by atoms with Gasteiger partial charge in [-0.3, -0.25) is 4.79 Å². The summed E-state index contributed by atoms with van der Waals surface area (Å²) in [5, 5.41) is 3.22. The Morgan fingerprint density at radius 2 is 1.88 bits per heavy atom. The number of ether oxygens (including phenoxy) is 1.